The Labute approximate surface area is 97.0 Å². The highest BCUT2D eigenvalue weighted by molar-refractivity contribution is 5.98. The first kappa shape index (κ1) is 12.8. The molecule has 6 heteroatoms. The van der Waals surface area contributed by atoms with Crippen LogP contribution in [-0.4, -0.2) is 21.8 Å². The van der Waals surface area contributed by atoms with E-state index in [1.54, 1.807) is 0 Å². The third-order valence-electron chi connectivity index (χ3n) is 2.31. The molecule has 0 heterocycles. The van der Waals surface area contributed by atoms with Crippen LogP contribution < -0.4 is 0 Å². The molecule has 0 unspecified atom stereocenters. The lowest BCUT2D eigenvalue weighted by molar-refractivity contribution is -0.384. The molecule has 1 rings (SSSR count). The van der Waals surface area contributed by atoms with Crippen molar-refractivity contribution >= 4 is 17.4 Å². The topological polar surface area (TPSA) is 97.5 Å². The number of nitro benzene ring substituents is 1. The van der Waals surface area contributed by atoms with Gasteiger partial charge in [0.25, 0.3) is 5.69 Å². The van der Waals surface area contributed by atoms with Crippen LogP contribution in [0.3, 0.4) is 0 Å². The van der Waals surface area contributed by atoms with Gasteiger partial charge >= 0.3 is 5.97 Å². The largest absolute Gasteiger partial charge is 0.481 e. The molecule has 0 fully saturated rings. The van der Waals surface area contributed by atoms with E-state index in [0.717, 1.165) is 0 Å². The summed E-state index contributed by atoms with van der Waals surface area (Å²) in [5.41, 5.74) is 0.177. The smallest absolute Gasteiger partial charge is 0.306 e. The molecule has 1 aromatic rings. The fraction of sp³-hybridized carbons (Fsp3) is 0.273. The lowest BCUT2D eigenvalue weighted by atomic mass is 10.00. The molecule has 0 aromatic heterocycles. The van der Waals surface area contributed by atoms with Crippen molar-refractivity contribution in [2.75, 3.05) is 0 Å². The van der Waals surface area contributed by atoms with Crippen LogP contribution in [0.5, 0.6) is 0 Å². The lowest BCUT2D eigenvalue weighted by Gasteiger charge is -2.04. The highest BCUT2D eigenvalue weighted by Crippen LogP contribution is 2.15. The van der Waals surface area contributed by atoms with E-state index in [-0.39, 0.29) is 23.5 Å². The molecule has 17 heavy (non-hydrogen) atoms. The second kappa shape index (κ2) is 5.20. The number of carboxylic acid groups (broad SMARTS) is 1. The number of Topliss-reactive ketones (excluding diaryl/α,β-unsaturated/α-hetero) is 1. The van der Waals surface area contributed by atoms with Crippen LogP contribution in [0.1, 0.15) is 23.7 Å². The second-order valence-electron chi connectivity index (χ2n) is 3.67. The molecule has 90 valence electrons. The minimum absolute atomic E-state index is 0.104. The number of hydrogen-bond acceptors (Lipinski definition) is 4. The molecule has 0 spiro atoms. The molecule has 1 aromatic carbocycles. The van der Waals surface area contributed by atoms with E-state index < -0.39 is 16.8 Å². The van der Waals surface area contributed by atoms with E-state index in [0.29, 0.717) is 0 Å². The van der Waals surface area contributed by atoms with Gasteiger partial charge in [0.15, 0.2) is 5.78 Å². The number of hydrogen-bond donors (Lipinski definition) is 1. The Morgan fingerprint density at radius 1 is 1.35 bits per heavy atom. The molecule has 0 aliphatic heterocycles. The fourth-order valence-corrected chi connectivity index (χ4v) is 1.25. The molecular weight excluding hydrogens is 226 g/mol. The minimum Gasteiger partial charge on any atom is -0.481 e. The van der Waals surface area contributed by atoms with Crippen molar-refractivity contribution in [2.24, 2.45) is 5.92 Å². The molecule has 1 N–H and O–H groups in total. The normalized spacial score (nSPS) is 11.8. The molecule has 0 bridgehead atoms. The van der Waals surface area contributed by atoms with Gasteiger partial charge in [0, 0.05) is 24.1 Å². The maximum Gasteiger partial charge on any atom is 0.306 e. The first-order valence-corrected chi connectivity index (χ1v) is 4.92. The Bertz CT molecular complexity index is 451. The molecule has 0 saturated heterocycles. The van der Waals surface area contributed by atoms with Gasteiger partial charge in [-0.2, -0.15) is 0 Å². The van der Waals surface area contributed by atoms with Crippen molar-refractivity contribution in [1.29, 1.82) is 0 Å². The van der Waals surface area contributed by atoms with Gasteiger partial charge in [-0.15, -0.1) is 0 Å². The zero-order valence-corrected chi connectivity index (χ0v) is 9.12. The Balaban J connectivity index is 2.77. The molecule has 0 radical (unpaired) electrons. The maximum atomic E-state index is 11.6. The molecular formula is C11H11NO5. The molecule has 0 saturated carbocycles. The average molecular weight is 237 g/mol. The fourth-order valence-electron chi connectivity index (χ4n) is 1.25. The van der Waals surface area contributed by atoms with Crippen molar-refractivity contribution in [3.8, 4) is 0 Å². The van der Waals surface area contributed by atoms with E-state index in [9.17, 15) is 19.7 Å². The van der Waals surface area contributed by atoms with Crippen LogP contribution in [0.2, 0.25) is 0 Å². The number of carbonyl (C=O) groups is 2. The van der Waals surface area contributed by atoms with Gasteiger partial charge in [0.05, 0.1) is 10.8 Å². The van der Waals surface area contributed by atoms with E-state index in [1.165, 1.54) is 31.2 Å². The zero-order chi connectivity index (χ0) is 13.0. The summed E-state index contributed by atoms with van der Waals surface area (Å²) >= 11 is 0. The number of nitro groups is 1. The predicted molar refractivity (Wildman–Crippen MR) is 58.8 cm³/mol. The summed E-state index contributed by atoms with van der Waals surface area (Å²) in [6.45, 7) is 1.44. The summed E-state index contributed by atoms with van der Waals surface area (Å²) in [6, 6.07) is 5.10. The summed E-state index contributed by atoms with van der Waals surface area (Å²) in [6.07, 6.45) is -0.118. The Kier molecular flexibility index (Phi) is 3.92. The van der Waals surface area contributed by atoms with E-state index in [1.807, 2.05) is 0 Å². The third-order valence-corrected chi connectivity index (χ3v) is 2.31. The Morgan fingerprint density at radius 3 is 2.29 bits per heavy atom. The van der Waals surface area contributed by atoms with Crippen molar-refractivity contribution < 1.29 is 19.6 Å². The van der Waals surface area contributed by atoms with Crippen molar-refractivity contribution in [3.05, 3.63) is 39.9 Å². The van der Waals surface area contributed by atoms with E-state index in [2.05, 4.69) is 0 Å². The number of carbonyl (C=O) groups excluding carboxylic acids is 1. The first-order valence-electron chi connectivity index (χ1n) is 4.92. The SMILES string of the molecule is C[C@@H](CC(=O)c1ccc([N+](=O)[O-])cc1)C(=O)O. The second-order valence-corrected chi connectivity index (χ2v) is 3.67. The van der Waals surface area contributed by atoms with Gasteiger partial charge in [-0.25, -0.2) is 0 Å². The van der Waals surface area contributed by atoms with E-state index in [4.69, 9.17) is 5.11 Å². The minimum atomic E-state index is -1.04. The number of aliphatic carboxylic acids is 1. The van der Waals surface area contributed by atoms with E-state index >= 15 is 0 Å². The van der Waals surface area contributed by atoms with Gasteiger partial charge in [0.2, 0.25) is 0 Å². The van der Waals surface area contributed by atoms with Crippen LogP contribution in [0.4, 0.5) is 5.69 Å². The van der Waals surface area contributed by atoms with Crippen LogP contribution in [0.15, 0.2) is 24.3 Å². The number of benzene rings is 1. The Morgan fingerprint density at radius 2 is 1.88 bits per heavy atom. The zero-order valence-electron chi connectivity index (χ0n) is 9.12. The van der Waals surface area contributed by atoms with Gasteiger partial charge in [0.1, 0.15) is 0 Å². The molecule has 0 aliphatic carbocycles. The summed E-state index contributed by atoms with van der Waals surface area (Å²) in [4.78, 5) is 32.0. The summed E-state index contributed by atoms with van der Waals surface area (Å²) < 4.78 is 0. The van der Waals surface area contributed by atoms with Gasteiger partial charge < -0.3 is 5.11 Å². The maximum absolute atomic E-state index is 11.6. The highest BCUT2D eigenvalue weighted by Gasteiger charge is 2.17. The molecule has 0 amide bonds. The Hall–Kier alpha value is -2.24. The summed E-state index contributed by atoms with van der Waals surface area (Å²) in [5, 5.41) is 19.0. The number of ketones is 1. The van der Waals surface area contributed by atoms with Crippen LogP contribution in [0, 0.1) is 16.0 Å². The number of carboxylic acids is 1. The summed E-state index contributed by atoms with van der Waals surface area (Å²) in [5.74, 6) is -2.15. The average Bonchev–Trinajstić information content (AvgIpc) is 2.28. The highest BCUT2D eigenvalue weighted by atomic mass is 16.6. The summed E-state index contributed by atoms with van der Waals surface area (Å²) in [7, 11) is 0. The quantitative estimate of drug-likeness (QED) is 0.479. The number of nitrogens with zero attached hydrogens (tertiary/aromatic N) is 1. The van der Waals surface area contributed by atoms with Crippen molar-refractivity contribution in [1.82, 2.24) is 0 Å². The van der Waals surface area contributed by atoms with Crippen LogP contribution in [-0.2, 0) is 4.79 Å². The lowest BCUT2D eigenvalue weighted by Crippen LogP contribution is -2.14. The molecule has 0 aliphatic rings. The molecule has 6 nitrogen and oxygen atoms in total. The van der Waals surface area contributed by atoms with Gasteiger partial charge in [-0.05, 0) is 12.1 Å². The standard InChI is InChI=1S/C11H11NO5/c1-7(11(14)15)6-10(13)8-2-4-9(5-3-8)12(16)17/h2-5,7H,6H2,1H3,(H,14,15)/t7-/m0/s1. The third kappa shape index (κ3) is 3.37. The van der Waals surface area contributed by atoms with Crippen LogP contribution >= 0.6 is 0 Å². The van der Waals surface area contributed by atoms with Gasteiger partial charge in [-0.1, -0.05) is 6.92 Å². The van der Waals surface area contributed by atoms with Crippen molar-refractivity contribution in [2.45, 2.75) is 13.3 Å². The number of rotatable bonds is 5. The van der Waals surface area contributed by atoms with Crippen molar-refractivity contribution in [3.63, 3.8) is 0 Å². The molecule has 1 atom stereocenters. The monoisotopic (exact) mass is 237 g/mol. The first-order chi connectivity index (χ1) is 7.91. The van der Waals surface area contributed by atoms with Crippen LogP contribution in [0.25, 0.3) is 0 Å². The predicted octanol–water partition coefficient (Wildman–Crippen LogP) is 1.89. The van der Waals surface area contributed by atoms with Gasteiger partial charge in [-0.3, -0.25) is 19.7 Å². The number of non-ortho nitro benzene ring substituents is 1.